The van der Waals surface area contributed by atoms with Crippen LogP contribution < -0.4 is 5.43 Å². The fraction of sp³-hybridized carbons (Fsp3) is 0.360. The lowest BCUT2D eigenvalue weighted by Gasteiger charge is -2.31. The maximum absolute atomic E-state index is 14.9. The molecule has 1 saturated heterocycles. The van der Waals surface area contributed by atoms with Crippen molar-refractivity contribution in [2.24, 2.45) is 0 Å². The van der Waals surface area contributed by atoms with Crippen molar-refractivity contribution in [3.63, 3.8) is 0 Å². The van der Waals surface area contributed by atoms with Gasteiger partial charge in [-0.05, 0) is 43.2 Å². The van der Waals surface area contributed by atoms with E-state index in [-0.39, 0.29) is 22.7 Å². The molecular formula is C25H25FN2O4. The highest BCUT2D eigenvalue weighted by atomic mass is 19.1. The fourth-order valence-corrected chi connectivity index (χ4v) is 4.60. The molecule has 0 radical (unpaired) electrons. The van der Waals surface area contributed by atoms with Crippen molar-refractivity contribution in [2.45, 2.75) is 19.9 Å². The molecule has 3 heterocycles. The Morgan fingerprint density at radius 3 is 2.50 bits per heavy atom. The Labute approximate surface area is 185 Å². The summed E-state index contributed by atoms with van der Waals surface area (Å²) in [6, 6.07) is 9.06. The van der Waals surface area contributed by atoms with E-state index in [0.29, 0.717) is 42.8 Å². The minimum Gasteiger partial charge on any atom is -0.450 e. The topological polar surface area (TPSA) is 63.0 Å². The number of nitrogens with zero attached hydrogens (tertiary/aromatic N) is 2. The molecule has 166 valence electrons. The van der Waals surface area contributed by atoms with Gasteiger partial charge in [-0.25, -0.2) is 4.39 Å². The predicted octanol–water partition coefficient (Wildman–Crippen LogP) is 3.43. The van der Waals surface area contributed by atoms with E-state index in [0.717, 1.165) is 24.2 Å². The minimum atomic E-state index is -0.818. The van der Waals surface area contributed by atoms with Crippen molar-refractivity contribution in [3.05, 3.63) is 80.5 Å². The second kappa shape index (κ2) is 8.15. The normalized spacial score (nSPS) is 19.0. The van der Waals surface area contributed by atoms with Crippen LogP contribution in [0.2, 0.25) is 0 Å². The first kappa shape index (κ1) is 20.8. The van der Waals surface area contributed by atoms with E-state index < -0.39 is 11.9 Å². The number of rotatable bonds is 4. The van der Waals surface area contributed by atoms with Gasteiger partial charge >= 0.3 is 0 Å². The average molecular weight is 436 g/mol. The van der Waals surface area contributed by atoms with E-state index in [9.17, 15) is 14.0 Å². The summed E-state index contributed by atoms with van der Waals surface area (Å²) in [5, 5.41) is 0.413. The zero-order valence-corrected chi connectivity index (χ0v) is 18.2. The molecule has 3 aromatic rings. The first-order chi connectivity index (χ1) is 15.5. The van der Waals surface area contributed by atoms with E-state index in [1.807, 2.05) is 13.8 Å². The van der Waals surface area contributed by atoms with E-state index in [1.165, 1.54) is 6.07 Å². The van der Waals surface area contributed by atoms with Gasteiger partial charge in [0.1, 0.15) is 11.4 Å². The number of amides is 1. The fourth-order valence-electron chi connectivity index (χ4n) is 4.60. The van der Waals surface area contributed by atoms with Crippen LogP contribution in [0.1, 0.15) is 38.9 Å². The summed E-state index contributed by atoms with van der Waals surface area (Å²) in [6.07, 6.45) is 0. The Hall–Kier alpha value is -3.03. The number of hydrogen-bond donors (Lipinski definition) is 0. The van der Waals surface area contributed by atoms with Crippen molar-refractivity contribution < 1.29 is 18.3 Å². The van der Waals surface area contributed by atoms with Gasteiger partial charge in [0.15, 0.2) is 5.43 Å². The second-order valence-corrected chi connectivity index (χ2v) is 8.48. The van der Waals surface area contributed by atoms with Crippen LogP contribution in [0.5, 0.6) is 0 Å². The summed E-state index contributed by atoms with van der Waals surface area (Å²) in [7, 11) is 0. The molecule has 2 aliphatic heterocycles. The number of benzene rings is 2. The van der Waals surface area contributed by atoms with E-state index >= 15 is 0 Å². The van der Waals surface area contributed by atoms with Gasteiger partial charge in [-0.3, -0.25) is 14.5 Å². The number of ether oxygens (including phenoxy) is 1. The van der Waals surface area contributed by atoms with E-state index in [4.69, 9.17) is 9.15 Å². The molecule has 1 fully saturated rings. The van der Waals surface area contributed by atoms with Crippen LogP contribution in [-0.2, 0) is 4.74 Å². The third kappa shape index (κ3) is 3.42. The van der Waals surface area contributed by atoms with Gasteiger partial charge in [0.2, 0.25) is 5.76 Å². The molecule has 1 aromatic heterocycles. The van der Waals surface area contributed by atoms with Gasteiger partial charge in [0.25, 0.3) is 5.91 Å². The van der Waals surface area contributed by atoms with Crippen molar-refractivity contribution >= 4 is 16.9 Å². The Kier molecular flexibility index (Phi) is 5.31. The average Bonchev–Trinajstić information content (AvgIpc) is 3.06. The zero-order chi connectivity index (χ0) is 22.4. The van der Waals surface area contributed by atoms with Crippen LogP contribution in [0.15, 0.2) is 45.6 Å². The lowest BCUT2D eigenvalue weighted by atomic mass is 9.97. The highest BCUT2D eigenvalue weighted by molar-refractivity contribution is 5.99. The highest BCUT2D eigenvalue weighted by Gasteiger charge is 2.43. The number of hydrogen-bond acceptors (Lipinski definition) is 5. The van der Waals surface area contributed by atoms with Crippen LogP contribution in [-0.4, -0.2) is 55.1 Å². The summed E-state index contributed by atoms with van der Waals surface area (Å²) >= 11 is 0. The van der Waals surface area contributed by atoms with Gasteiger partial charge in [-0.1, -0.05) is 18.2 Å². The molecule has 0 spiro atoms. The first-order valence-electron chi connectivity index (χ1n) is 10.9. The molecule has 32 heavy (non-hydrogen) atoms. The summed E-state index contributed by atoms with van der Waals surface area (Å²) in [4.78, 5) is 30.8. The maximum Gasteiger partial charge on any atom is 0.290 e. The summed E-state index contributed by atoms with van der Waals surface area (Å²) in [6.45, 7) is 7.67. The number of carbonyl (C=O) groups excluding carboxylic acids is 1. The molecule has 6 nitrogen and oxygen atoms in total. The summed E-state index contributed by atoms with van der Waals surface area (Å²) in [5.74, 6) is -0.811. The van der Waals surface area contributed by atoms with Crippen molar-refractivity contribution in [1.29, 1.82) is 0 Å². The molecule has 0 saturated carbocycles. The van der Waals surface area contributed by atoms with Gasteiger partial charge < -0.3 is 14.1 Å². The van der Waals surface area contributed by atoms with Crippen molar-refractivity contribution in [1.82, 2.24) is 9.80 Å². The molecule has 7 heteroatoms. The lowest BCUT2D eigenvalue weighted by molar-refractivity contribution is 0.0314. The number of carbonyl (C=O) groups is 1. The van der Waals surface area contributed by atoms with Crippen LogP contribution >= 0.6 is 0 Å². The predicted molar refractivity (Wildman–Crippen MR) is 118 cm³/mol. The monoisotopic (exact) mass is 436 g/mol. The molecule has 0 N–H and O–H groups in total. The molecule has 1 amide bonds. The standard InChI is InChI=1S/C25H25FN2O4/c1-15-13-18-20(14-16(15)2)32-24-21(23(18)29)22(17-5-3-4-6-19(17)26)28(25(24)30)8-7-27-9-11-31-12-10-27/h3-6,13-14,22H,7-12H2,1-2H3. The Morgan fingerprint density at radius 1 is 1.03 bits per heavy atom. The van der Waals surface area contributed by atoms with E-state index in [2.05, 4.69) is 4.90 Å². The molecule has 5 rings (SSSR count). The highest BCUT2D eigenvalue weighted by Crippen LogP contribution is 2.39. The van der Waals surface area contributed by atoms with Gasteiger partial charge in [-0.2, -0.15) is 0 Å². The maximum atomic E-state index is 14.9. The lowest BCUT2D eigenvalue weighted by Crippen LogP contribution is -2.42. The Morgan fingerprint density at radius 2 is 1.75 bits per heavy atom. The number of morpholine rings is 1. The SMILES string of the molecule is Cc1cc2oc3c(c(=O)c2cc1C)C(c1ccccc1F)N(CCN1CCOCC1)C3=O. The van der Waals surface area contributed by atoms with Gasteiger partial charge in [-0.15, -0.1) is 0 Å². The Bertz CT molecular complexity index is 1260. The van der Waals surface area contributed by atoms with Crippen LogP contribution in [0.4, 0.5) is 4.39 Å². The quantitative estimate of drug-likeness (QED) is 0.627. The summed E-state index contributed by atoms with van der Waals surface area (Å²) < 4.78 is 26.3. The number of halogens is 1. The van der Waals surface area contributed by atoms with Gasteiger partial charge in [0, 0.05) is 31.7 Å². The number of fused-ring (bicyclic) bond motifs is 2. The van der Waals surface area contributed by atoms with E-state index in [1.54, 1.807) is 35.2 Å². The first-order valence-corrected chi connectivity index (χ1v) is 10.9. The van der Waals surface area contributed by atoms with Crippen LogP contribution in [0.25, 0.3) is 11.0 Å². The summed E-state index contributed by atoms with van der Waals surface area (Å²) in [5.41, 5.74) is 2.56. The van der Waals surface area contributed by atoms with Gasteiger partial charge in [0.05, 0.1) is 30.2 Å². The second-order valence-electron chi connectivity index (χ2n) is 8.48. The van der Waals surface area contributed by atoms with Crippen LogP contribution in [0, 0.1) is 19.7 Å². The molecule has 2 aromatic carbocycles. The largest absolute Gasteiger partial charge is 0.450 e. The molecule has 1 unspecified atom stereocenters. The minimum absolute atomic E-state index is 0.0148. The molecule has 1 atom stereocenters. The van der Waals surface area contributed by atoms with Crippen LogP contribution in [0.3, 0.4) is 0 Å². The molecule has 2 aliphatic rings. The third-order valence-corrected chi connectivity index (χ3v) is 6.54. The Balaban J connectivity index is 1.64. The van der Waals surface area contributed by atoms with Crippen molar-refractivity contribution in [2.75, 3.05) is 39.4 Å². The molecule has 0 aliphatic carbocycles. The smallest absolute Gasteiger partial charge is 0.290 e. The number of aryl methyl sites for hydroxylation is 2. The molecular weight excluding hydrogens is 411 g/mol. The zero-order valence-electron chi connectivity index (χ0n) is 18.2. The molecule has 0 bridgehead atoms. The van der Waals surface area contributed by atoms with Crippen molar-refractivity contribution in [3.8, 4) is 0 Å². The third-order valence-electron chi connectivity index (χ3n) is 6.54.